The third-order valence-electron chi connectivity index (χ3n) is 3.91. The molecule has 0 saturated carbocycles. The van der Waals surface area contributed by atoms with Crippen LogP contribution in [-0.2, 0) is 14.4 Å². The fourth-order valence-corrected chi connectivity index (χ4v) is 3.69. The number of nitrogens with zero attached hydrogens (tertiary/aromatic N) is 1. The zero-order valence-corrected chi connectivity index (χ0v) is 12.0. The Morgan fingerprint density at radius 2 is 2.19 bits per heavy atom. The highest BCUT2D eigenvalue weighted by Gasteiger charge is 2.69. The average Bonchev–Trinajstić information content (AvgIpc) is 2.75. The molecule has 0 aromatic heterocycles. The van der Waals surface area contributed by atoms with Gasteiger partial charge >= 0.3 is 11.9 Å². The van der Waals surface area contributed by atoms with Gasteiger partial charge in [-0.15, -0.1) is 11.8 Å². The summed E-state index contributed by atoms with van der Waals surface area (Å²) in [6.07, 6.45) is 0.484. The lowest BCUT2D eigenvalue weighted by atomic mass is 9.67. The molecule has 1 amide bonds. The number of carbonyl (C=O) groups excluding carboxylic acids is 1. The SMILES string of the molecule is CC(O)[C@]1(C(=O)O)C(=O)N2C=C(SC[C@@H](N)C(=O)O)C[C@@H]21. The van der Waals surface area contributed by atoms with Gasteiger partial charge in [-0.05, 0) is 6.92 Å². The van der Waals surface area contributed by atoms with E-state index >= 15 is 0 Å². The van der Waals surface area contributed by atoms with E-state index in [1.54, 1.807) is 0 Å². The Balaban J connectivity index is 2.08. The molecular formula is C12H16N2O6S. The number of thioether (sulfide) groups is 1. The van der Waals surface area contributed by atoms with E-state index in [2.05, 4.69) is 0 Å². The first-order valence-corrected chi connectivity index (χ1v) is 7.27. The predicted octanol–water partition coefficient (Wildman–Crippen LogP) is -0.961. The summed E-state index contributed by atoms with van der Waals surface area (Å²) in [6.45, 7) is 1.29. The van der Waals surface area contributed by atoms with Crippen molar-refractivity contribution in [2.24, 2.45) is 11.1 Å². The van der Waals surface area contributed by atoms with Gasteiger partial charge in [-0.3, -0.25) is 14.4 Å². The van der Waals surface area contributed by atoms with Crippen LogP contribution in [0.2, 0.25) is 0 Å². The van der Waals surface area contributed by atoms with Crippen molar-refractivity contribution in [1.82, 2.24) is 4.90 Å². The molecule has 0 aromatic rings. The van der Waals surface area contributed by atoms with Gasteiger partial charge in [0, 0.05) is 23.3 Å². The van der Waals surface area contributed by atoms with E-state index in [-0.39, 0.29) is 12.2 Å². The van der Waals surface area contributed by atoms with Crippen molar-refractivity contribution in [1.29, 1.82) is 0 Å². The third-order valence-corrected chi connectivity index (χ3v) is 5.07. The molecule has 2 aliphatic heterocycles. The number of fused-ring (bicyclic) bond motifs is 1. The van der Waals surface area contributed by atoms with Crippen molar-refractivity contribution in [3.63, 3.8) is 0 Å². The maximum atomic E-state index is 12.1. The van der Waals surface area contributed by atoms with E-state index in [0.29, 0.717) is 4.91 Å². The Hall–Kier alpha value is -1.58. The van der Waals surface area contributed by atoms with E-state index in [0.717, 1.165) is 0 Å². The second-order valence-electron chi connectivity index (χ2n) is 5.13. The van der Waals surface area contributed by atoms with Gasteiger partial charge in [-0.2, -0.15) is 0 Å². The molecule has 1 saturated heterocycles. The maximum Gasteiger partial charge on any atom is 0.324 e. The number of hydrogen-bond acceptors (Lipinski definition) is 6. The lowest BCUT2D eigenvalue weighted by molar-refractivity contribution is -0.192. The molecule has 4 atom stereocenters. The molecule has 0 spiro atoms. The lowest BCUT2D eigenvalue weighted by Crippen LogP contribution is -2.72. The zero-order chi connectivity index (χ0) is 15.9. The van der Waals surface area contributed by atoms with Gasteiger partial charge in [0.15, 0.2) is 5.41 Å². The number of aliphatic carboxylic acids is 2. The molecule has 0 aromatic carbocycles. The fraction of sp³-hybridized carbons (Fsp3) is 0.583. The standard InChI is InChI=1S/C12H16N2O6S/c1-5(15)12(11(19)20)8-2-6(3-14(8)10(12)18)21-4-7(13)9(16)17/h3,5,7-8,15H,2,4,13H2,1H3,(H,16,17)(H,19,20)/t5?,7-,8-,12-/m1/s1. The number of carboxylic acids is 2. The number of carboxylic acid groups (broad SMARTS) is 2. The van der Waals surface area contributed by atoms with Gasteiger partial charge in [-0.25, -0.2) is 0 Å². The molecule has 0 radical (unpaired) electrons. The first kappa shape index (κ1) is 15.8. The Morgan fingerprint density at radius 3 is 2.67 bits per heavy atom. The summed E-state index contributed by atoms with van der Waals surface area (Å²) in [6, 6.07) is -1.66. The third kappa shape index (κ3) is 2.21. The van der Waals surface area contributed by atoms with Crippen molar-refractivity contribution >= 4 is 29.6 Å². The first-order valence-electron chi connectivity index (χ1n) is 6.29. The Bertz CT molecular complexity index is 534. The minimum atomic E-state index is -1.81. The van der Waals surface area contributed by atoms with Gasteiger partial charge in [0.25, 0.3) is 0 Å². The summed E-state index contributed by atoms with van der Waals surface area (Å²) in [5.41, 5.74) is 3.58. The van der Waals surface area contributed by atoms with Crippen LogP contribution in [-0.4, -0.2) is 62.0 Å². The number of β-lactam (4-membered cyclic amide) rings is 1. The molecular weight excluding hydrogens is 300 g/mol. The summed E-state index contributed by atoms with van der Waals surface area (Å²) >= 11 is 1.18. The van der Waals surface area contributed by atoms with Crippen LogP contribution in [0.5, 0.6) is 0 Å². The van der Waals surface area contributed by atoms with Gasteiger partial charge in [0.1, 0.15) is 6.04 Å². The van der Waals surface area contributed by atoms with Crippen LogP contribution >= 0.6 is 11.8 Å². The highest BCUT2D eigenvalue weighted by Crippen LogP contribution is 2.51. The van der Waals surface area contributed by atoms with E-state index in [9.17, 15) is 24.6 Å². The number of nitrogens with two attached hydrogens (primary N) is 1. The molecule has 5 N–H and O–H groups in total. The van der Waals surface area contributed by atoms with Crippen LogP contribution in [0.4, 0.5) is 0 Å². The average molecular weight is 316 g/mol. The summed E-state index contributed by atoms with van der Waals surface area (Å²) in [5.74, 6) is -2.98. The molecule has 1 unspecified atom stereocenters. The van der Waals surface area contributed by atoms with Crippen LogP contribution < -0.4 is 5.73 Å². The smallest absolute Gasteiger partial charge is 0.324 e. The van der Waals surface area contributed by atoms with Crippen molar-refractivity contribution < 1.29 is 29.7 Å². The Kier molecular flexibility index (Phi) is 4.00. The van der Waals surface area contributed by atoms with Crippen LogP contribution in [0.15, 0.2) is 11.1 Å². The van der Waals surface area contributed by atoms with Crippen molar-refractivity contribution in [2.75, 3.05) is 5.75 Å². The summed E-state index contributed by atoms with van der Waals surface area (Å²) in [4.78, 5) is 36.1. The van der Waals surface area contributed by atoms with Gasteiger partial charge in [-0.1, -0.05) is 0 Å². The predicted molar refractivity (Wildman–Crippen MR) is 73.2 cm³/mol. The number of rotatable bonds is 6. The summed E-state index contributed by atoms with van der Waals surface area (Å²) < 4.78 is 0. The van der Waals surface area contributed by atoms with Crippen LogP contribution in [0.3, 0.4) is 0 Å². The number of carbonyl (C=O) groups is 3. The molecule has 2 heterocycles. The van der Waals surface area contributed by atoms with E-state index in [1.807, 2.05) is 0 Å². The topological polar surface area (TPSA) is 141 Å². The minimum absolute atomic E-state index is 0.130. The second-order valence-corrected chi connectivity index (χ2v) is 6.28. The largest absolute Gasteiger partial charge is 0.480 e. The molecule has 0 aliphatic carbocycles. The molecule has 1 fully saturated rings. The first-order chi connectivity index (χ1) is 9.72. The molecule has 0 bridgehead atoms. The van der Waals surface area contributed by atoms with Crippen molar-refractivity contribution in [3.8, 4) is 0 Å². The molecule has 21 heavy (non-hydrogen) atoms. The zero-order valence-electron chi connectivity index (χ0n) is 11.2. The highest BCUT2D eigenvalue weighted by molar-refractivity contribution is 8.03. The molecule has 8 nitrogen and oxygen atoms in total. The molecule has 9 heteroatoms. The number of aliphatic hydroxyl groups excluding tert-OH is 1. The Morgan fingerprint density at radius 1 is 1.57 bits per heavy atom. The van der Waals surface area contributed by atoms with Gasteiger partial charge in [0.2, 0.25) is 5.91 Å². The molecule has 116 valence electrons. The van der Waals surface area contributed by atoms with Gasteiger partial charge < -0.3 is 26.0 Å². The number of amides is 1. The Labute approximate surface area is 124 Å². The van der Waals surface area contributed by atoms with Crippen molar-refractivity contribution in [2.45, 2.75) is 31.5 Å². The second kappa shape index (κ2) is 5.32. The van der Waals surface area contributed by atoms with Gasteiger partial charge in [0.05, 0.1) is 12.1 Å². The maximum absolute atomic E-state index is 12.1. The normalized spacial score (nSPS) is 30.2. The van der Waals surface area contributed by atoms with Crippen LogP contribution in [0.1, 0.15) is 13.3 Å². The van der Waals surface area contributed by atoms with Crippen molar-refractivity contribution in [3.05, 3.63) is 11.1 Å². The van der Waals surface area contributed by atoms with E-state index < -0.39 is 41.4 Å². The monoisotopic (exact) mass is 316 g/mol. The lowest BCUT2D eigenvalue weighted by Gasteiger charge is -2.50. The fourth-order valence-electron chi connectivity index (χ4n) is 2.69. The minimum Gasteiger partial charge on any atom is -0.480 e. The molecule has 2 aliphatic rings. The van der Waals surface area contributed by atoms with Crippen LogP contribution in [0, 0.1) is 5.41 Å². The summed E-state index contributed by atoms with van der Waals surface area (Å²) in [7, 11) is 0. The molecule has 2 rings (SSSR count). The number of hydrogen-bond donors (Lipinski definition) is 4. The quantitative estimate of drug-likeness (QED) is 0.362. The van der Waals surface area contributed by atoms with E-state index in [4.69, 9.17) is 10.8 Å². The van der Waals surface area contributed by atoms with E-state index in [1.165, 1.54) is 29.8 Å². The number of aliphatic hydroxyl groups is 1. The van der Waals surface area contributed by atoms with Crippen LogP contribution in [0.25, 0.3) is 0 Å². The summed E-state index contributed by atoms with van der Waals surface area (Å²) in [5, 5.41) is 27.8. The highest BCUT2D eigenvalue weighted by atomic mass is 32.2.